The van der Waals surface area contributed by atoms with E-state index in [1.54, 1.807) is 21.3 Å². The second-order valence-electron chi connectivity index (χ2n) is 4.96. The minimum atomic E-state index is -2.33. The fraction of sp³-hybridized carbons (Fsp3) is 1.00. The molecule has 1 saturated heterocycles. The van der Waals surface area contributed by atoms with Crippen LogP contribution in [-0.2, 0) is 13.3 Å². The third-order valence-corrected chi connectivity index (χ3v) is 6.58. The topological polar surface area (TPSA) is 30.9 Å². The summed E-state index contributed by atoms with van der Waals surface area (Å²) in [6.45, 7) is 2.49. The van der Waals surface area contributed by atoms with Gasteiger partial charge in [-0.1, -0.05) is 0 Å². The van der Waals surface area contributed by atoms with Gasteiger partial charge in [0.15, 0.2) is 0 Å². The quantitative estimate of drug-likeness (QED) is 0.656. The largest absolute Gasteiger partial charge is 0.500 e. The fourth-order valence-corrected chi connectivity index (χ4v) is 4.42. The molecule has 1 aliphatic heterocycles. The molecule has 1 aliphatic rings. The van der Waals surface area contributed by atoms with E-state index in [-0.39, 0.29) is 0 Å². The summed E-state index contributed by atoms with van der Waals surface area (Å²) < 4.78 is 16.3. The Kier molecular flexibility index (Phi) is 6.65. The summed E-state index contributed by atoms with van der Waals surface area (Å²) in [5.74, 6) is 0.839. The third-order valence-electron chi connectivity index (χ3n) is 3.75. The molecule has 0 radical (unpaired) electrons. The molecule has 4 nitrogen and oxygen atoms in total. The minimum Gasteiger partial charge on any atom is -0.377 e. The van der Waals surface area contributed by atoms with E-state index in [0.717, 1.165) is 18.4 Å². The lowest BCUT2D eigenvalue weighted by molar-refractivity contribution is 0.121. The van der Waals surface area contributed by atoms with E-state index >= 15 is 0 Å². The van der Waals surface area contributed by atoms with Crippen LogP contribution in [0.25, 0.3) is 0 Å². The van der Waals surface area contributed by atoms with Crippen LogP contribution in [0.4, 0.5) is 0 Å². The van der Waals surface area contributed by atoms with Gasteiger partial charge in [0.25, 0.3) is 0 Å². The number of nitrogens with zero attached hydrogens (tertiary/aromatic N) is 1. The van der Waals surface area contributed by atoms with Crippen LogP contribution in [0.5, 0.6) is 0 Å². The Hall–Kier alpha value is 0.0569. The monoisotopic (exact) mass is 261 g/mol. The zero-order chi connectivity index (χ0) is 12.7. The normalized spacial score (nSPS) is 22.9. The first-order chi connectivity index (χ1) is 8.15. The smallest absolute Gasteiger partial charge is 0.377 e. The van der Waals surface area contributed by atoms with Crippen molar-refractivity contribution >= 4 is 8.80 Å². The molecule has 1 fully saturated rings. The van der Waals surface area contributed by atoms with Gasteiger partial charge >= 0.3 is 8.80 Å². The molecule has 102 valence electrons. The first-order valence-electron chi connectivity index (χ1n) is 6.50. The molecule has 0 N–H and O–H groups in total. The average molecular weight is 261 g/mol. The lowest BCUT2D eigenvalue weighted by atomic mass is 9.94. The molecule has 5 heteroatoms. The maximum atomic E-state index is 5.43. The molecule has 1 unspecified atom stereocenters. The lowest BCUT2D eigenvalue weighted by Crippen LogP contribution is -2.42. The second kappa shape index (κ2) is 7.48. The molecular formula is C12H27NO3Si. The fourth-order valence-electron chi connectivity index (χ4n) is 2.67. The number of rotatable bonds is 7. The second-order valence-corrected chi connectivity index (χ2v) is 8.05. The highest BCUT2D eigenvalue weighted by Crippen LogP contribution is 2.24. The summed E-state index contributed by atoms with van der Waals surface area (Å²) in [5.41, 5.74) is 0. The van der Waals surface area contributed by atoms with Crippen LogP contribution in [0.3, 0.4) is 0 Å². The van der Waals surface area contributed by atoms with Gasteiger partial charge < -0.3 is 18.2 Å². The summed E-state index contributed by atoms with van der Waals surface area (Å²) in [6.07, 6.45) is 5.10. The molecule has 0 aromatic heterocycles. The van der Waals surface area contributed by atoms with E-state index < -0.39 is 8.80 Å². The van der Waals surface area contributed by atoms with Crippen LogP contribution in [0.2, 0.25) is 6.04 Å². The highest BCUT2D eigenvalue weighted by Gasteiger charge is 2.37. The van der Waals surface area contributed by atoms with Crippen molar-refractivity contribution in [2.75, 3.05) is 41.5 Å². The Morgan fingerprint density at radius 2 is 1.82 bits per heavy atom. The maximum absolute atomic E-state index is 5.43. The van der Waals surface area contributed by atoms with E-state index in [4.69, 9.17) is 13.3 Å². The van der Waals surface area contributed by atoms with Crippen LogP contribution >= 0.6 is 0 Å². The van der Waals surface area contributed by atoms with Crippen molar-refractivity contribution in [3.05, 3.63) is 0 Å². The summed E-state index contributed by atoms with van der Waals surface area (Å²) >= 11 is 0. The van der Waals surface area contributed by atoms with Crippen molar-refractivity contribution in [3.8, 4) is 0 Å². The summed E-state index contributed by atoms with van der Waals surface area (Å²) in [5, 5.41) is 0. The summed E-state index contributed by atoms with van der Waals surface area (Å²) in [7, 11) is 4.94. The molecule has 0 spiro atoms. The Morgan fingerprint density at radius 3 is 2.35 bits per heavy atom. The van der Waals surface area contributed by atoms with E-state index in [2.05, 4.69) is 11.9 Å². The van der Waals surface area contributed by atoms with Crippen molar-refractivity contribution in [2.24, 2.45) is 5.92 Å². The molecule has 17 heavy (non-hydrogen) atoms. The first-order valence-corrected chi connectivity index (χ1v) is 8.43. The minimum absolute atomic E-state index is 0.839. The first kappa shape index (κ1) is 15.1. The average Bonchev–Trinajstić information content (AvgIpc) is 2.35. The molecule has 0 aromatic rings. The van der Waals surface area contributed by atoms with Crippen LogP contribution in [0.15, 0.2) is 0 Å². The molecular weight excluding hydrogens is 234 g/mol. The Morgan fingerprint density at radius 1 is 1.18 bits per heavy atom. The van der Waals surface area contributed by atoms with Gasteiger partial charge in [0.05, 0.1) is 0 Å². The predicted molar refractivity (Wildman–Crippen MR) is 71.0 cm³/mol. The van der Waals surface area contributed by atoms with E-state index in [0.29, 0.717) is 0 Å². The van der Waals surface area contributed by atoms with Gasteiger partial charge in [0, 0.05) is 33.9 Å². The highest BCUT2D eigenvalue weighted by molar-refractivity contribution is 6.60. The molecule has 1 heterocycles. The van der Waals surface area contributed by atoms with Gasteiger partial charge in [0.1, 0.15) is 0 Å². The summed E-state index contributed by atoms with van der Waals surface area (Å²) in [4.78, 5) is 2.43. The Bertz CT molecular complexity index is 204. The van der Waals surface area contributed by atoms with E-state index in [9.17, 15) is 0 Å². The van der Waals surface area contributed by atoms with Gasteiger partial charge in [0.2, 0.25) is 0 Å². The van der Waals surface area contributed by atoms with Crippen molar-refractivity contribution in [3.63, 3.8) is 0 Å². The SMILES string of the molecule is CO[Si](CCCC1CCCN(C)C1)(OC)OC. The maximum Gasteiger partial charge on any atom is 0.500 e. The molecule has 1 rings (SSSR count). The van der Waals surface area contributed by atoms with Gasteiger partial charge in [-0.15, -0.1) is 0 Å². The lowest BCUT2D eigenvalue weighted by Gasteiger charge is -2.30. The number of hydrogen-bond acceptors (Lipinski definition) is 4. The van der Waals surface area contributed by atoms with Crippen LogP contribution < -0.4 is 0 Å². The zero-order valence-electron chi connectivity index (χ0n) is 11.7. The molecule has 1 atom stereocenters. The molecule has 0 aliphatic carbocycles. The Labute approximate surface area is 107 Å². The van der Waals surface area contributed by atoms with Crippen molar-refractivity contribution in [1.29, 1.82) is 0 Å². The van der Waals surface area contributed by atoms with Gasteiger partial charge in [-0.2, -0.15) is 0 Å². The van der Waals surface area contributed by atoms with Crippen molar-refractivity contribution in [1.82, 2.24) is 4.90 Å². The zero-order valence-corrected chi connectivity index (χ0v) is 12.7. The predicted octanol–water partition coefficient (Wildman–Crippen LogP) is 1.99. The highest BCUT2D eigenvalue weighted by atomic mass is 28.4. The molecule has 0 saturated carbocycles. The van der Waals surface area contributed by atoms with Crippen LogP contribution in [-0.4, -0.2) is 55.2 Å². The molecule has 0 aromatic carbocycles. The number of hydrogen-bond donors (Lipinski definition) is 0. The summed E-state index contributed by atoms with van der Waals surface area (Å²) in [6, 6.07) is 0.927. The Balaban J connectivity index is 2.26. The van der Waals surface area contributed by atoms with Crippen LogP contribution in [0, 0.1) is 5.92 Å². The standard InChI is InChI=1S/C12H27NO3Si/c1-13-9-5-7-12(11-13)8-6-10-17(14-2,15-3)16-4/h12H,5-11H2,1-4H3. The molecule has 0 amide bonds. The van der Waals surface area contributed by atoms with Crippen molar-refractivity contribution in [2.45, 2.75) is 31.7 Å². The molecule has 0 bridgehead atoms. The van der Waals surface area contributed by atoms with E-state index in [1.807, 2.05) is 0 Å². The van der Waals surface area contributed by atoms with Gasteiger partial charge in [-0.25, -0.2) is 0 Å². The number of likely N-dealkylation sites (tertiary alicyclic amines) is 1. The van der Waals surface area contributed by atoms with Gasteiger partial charge in [-0.3, -0.25) is 0 Å². The number of piperidine rings is 1. The van der Waals surface area contributed by atoms with E-state index in [1.165, 1.54) is 32.4 Å². The van der Waals surface area contributed by atoms with Gasteiger partial charge in [-0.05, 0) is 45.2 Å². The third kappa shape index (κ3) is 4.67. The van der Waals surface area contributed by atoms with Crippen LogP contribution in [0.1, 0.15) is 25.7 Å². The van der Waals surface area contributed by atoms with Crippen molar-refractivity contribution < 1.29 is 13.3 Å².